The van der Waals surface area contributed by atoms with Crippen LogP contribution in [0.2, 0.25) is 0 Å². The number of methoxy groups -OCH3 is 1. The van der Waals surface area contributed by atoms with Gasteiger partial charge in [-0.15, -0.1) is 0 Å². The van der Waals surface area contributed by atoms with E-state index in [9.17, 15) is 9.59 Å². The maximum absolute atomic E-state index is 12.0. The fraction of sp³-hybridized carbons (Fsp3) is 0.517. The molecule has 1 aliphatic rings. The molecule has 3 rings (SSSR count). The zero-order valence-electron chi connectivity index (χ0n) is 22.6. The van der Waals surface area contributed by atoms with Crippen LogP contribution in [0.25, 0.3) is 0 Å². The number of aryl methyl sites for hydroxylation is 1. The van der Waals surface area contributed by atoms with Crippen LogP contribution < -0.4 is 24.3 Å². The number of carbonyl (C=O) groups excluding carboxylic acids is 2. The summed E-state index contributed by atoms with van der Waals surface area (Å²) in [6, 6.07) is 7.63. The van der Waals surface area contributed by atoms with Crippen LogP contribution >= 0.6 is 0 Å². The molecule has 0 fully saturated rings. The van der Waals surface area contributed by atoms with Crippen molar-refractivity contribution >= 4 is 11.9 Å². The Morgan fingerprint density at radius 3 is 2.27 bits per heavy atom. The summed E-state index contributed by atoms with van der Waals surface area (Å²) in [5, 5.41) is 2.46. The summed E-state index contributed by atoms with van der Waals surface area (Å²) in [6.45, 7) is 6.67. The van der Waals surface area contributed by atoms with Gasteiger partial charge in [0, 0.05) is 31.0 Å². The van der Waals surface area contributed by atoms with Gasteiger partial charge in [-0.1, -0.05) is 32.8 Å². The number of alkyl carbamates (subject to hydrolysis) is 1. The molecule has 2 aromatic rings. The molecule has 1 atom stereocenters. The molecule has 202 valence electrons. The van der Waals surface area contributed by atoms with Gasteiger partial charge in [-0.25, -0.2) is 4.79 Å². The zero-order valence-corrected chi connectivity index (χ0v) is 22.6. The molecular weight excluding hydrogens is 474 g/mol. The summed E-state index contributed by atoms with van der Waals surface area (Å²) < 4.78 is 29.2. The Labute approximate surface area is 219 Å². The highest BCUT2D eigenvalue weighted by Crippen LogP contribution is 2.38. The second-order valence-corrected chi connectivity index (χ2v) is 9.00. The Kier molecular flexibility index (Phi) is 10.5. The van der Waals surface area contributed by atoms with Gasteiger partial charge in [-0.3, -0.25) is 4.79 Å². The first-order valence-electron chi connectivity index (χ1n) is 13.1. The minimum absolute atomic E-state index is 0.0300. The van der Waals surface area contributed by atoms with Crippen LogP contribution in [-0.2, 0) is 24.0 Å². The second-order valence-electron chi connectivity index (χ2n) is 9.00. The molecular formula is C29H39NO7. The fourth-order valence-corrected chi connectivity index (χ4v) is 4.51. The van der Waals surface area contributed by atoms with Gasteiger partial charge < -0.3 is 29.0 Å². The third-order valence-electron chi connectivity index (χ3n) is 6.25. The lowest BCUT2D eigenvalue weighted by Gasteiger charge is -2.28. The van der Waals surface area contributed by atoms with Gasteiger partial charge in [0.05, 0.1) is 25.9 Å². The van der Waals surface area contributed by atoms with Crippen molar-refractivity contribution in [3.05, 3.63) is 46.5 Å². The van der Waals surface area contributed by atoms with E-state index in [1.807, 2.05) is 18.2 Å². The van der Waals surface area contributed by atoms with E-state index >= 15 is 0 Å². The van der Waals surface area contributed by atoms with Crippen molar-refractivity contribution < 1.29 is 33.3 Å². The number of carbonyl (C=O) groups is 2. The van der Waals surface area contributed by atoms with Gasteiger partial charge in [0.1, 0.15) is 23.0 Å². The number of ketones is 1. The highest BCUT2D eigenvalue weighted by atomic mass is 16.7. The van der Waals surface area contributed by atoms with E-state index < -0.39 is 12.4 Å². The molecule has 0 saturated carbocycles. The molecule has 1 unspecified atom stereocenters. The van der Waals surface area contributed by atoms with Crippen LogP contribution in [0.5, 0.6) is 23.0 Å². The van der Waals surface area contributed by atoms with E-state index in [2.05, 4.69) is 19.2 Å². The molecule has 0 aromatic heterocycles. The Morgan fingerprint density at radius 2 is 1.65 bits per heavy atom. The van der Waals surface area contributed by atoms with Crippen LogP contribution in [0.4, 0.5) is 4.79 Å². The predicted molar refractivity (Wildman–Crippen MR) is 141 cm³/mol. The van der Waals surface area contributed by atoms with Crippen LogP contribution in [-0.4, -0.2) is 45.5 Å². The lowest BCUT2D eigenvalue weighted by molar-refractivity contribution is -0.0445. The first-order valence-corrected chi connectivity index (χ1v) is 13.1. The SMILES string of the molecule is CCCc1c(OCCCOc2ccc(C(C)=O)c(OC)c2CCC)ccc2c1OC(OC(=O)NC)CC2. The van der Waals surface area contributed by atoms with E-state index in [1.54, 1.807) is 20.1 Å². The van der Waals surface area contributed by atoms with Crippen molar-refractivity contribution in [3.63, 3.8) is 0 Å². The van der Waals surface area contributed by atoms with Crippen molar-refractivity contribution in [2.45, 2.75) is 72.0 Å². The molecule has 0 radical (unpaired) electrons. The molecule has 0 bridgehead atoms. The summed E-state index contributed by atoms with van der Waals surface area (Å²) in [5.74, 6) is 2.84. The highest BCUT2D eigenvalue weighted by Gasteiger charge is 2.26. The maximum atomic E-state index is 12.0. The Hall–Kier alpha value is -3.42. The average molecular weight is 514 g/mol. The van der Waals surface area contributed by atoms with E-state index in [1.165, 1.54) is 7.05 Å². The quantitative estimate of drug-likeness (QED) is 0.273. The molecule has 8 nitrogen and oxygen atoms in total. The summed E-state index contributed by atoms with van der Waals surface area (Å²) in [5.41, 5.74) is 3.59. The fourth-order valence-electron chi connectivity index (χ4n) is 4.51. The number of hydrogen-bond acceptors (Lipinski definition) is 7. The third kappa shape index (κ3) is 7.08. The number of fused-ring (bicyclic) bond motifs is 1. The lowest BCUT2D eigenvalue weighted by Crippen LogP contribution is -2.32. The van der Waals surface area contributed by atoms with Gasteiger partial charge in [0.25, 0.3) is 0 Å². The van der Waals surface area contributed by atoms with Crippen LogP contribution in [0.3, 0.4) is 0 Å². The monoisotopic (exact) mass is 513 g/mol. The zero-order chi connectivity index (χ0) is 26.8. The first kappa shape index (κ1) is 28.2. The number of nitrogens with one attached hydrogen (secondary N) is 1. The van der Waals surface area contributed by atoms with Gasteiger partial charge >= 0.3 is 6.09 Å². The van der Waals surface area contributed by atoms with E-state index in [4.69, 9.17) is 23.7 Å². The number of ether oxygens (including phenoxy) is 5. The van der Waals surface area contributed by atoms with Crippen molar-refractivity contribution in [2.75, 3.05) is 27.4 Å². The summed E-state index contributed by atoms with van der Waals surface area (Å²) in [6.07, 6.45) is 4.33. The second kappa shape index (κ2) is 13.8. The number of amides is 1. The Morgan fingerprint density at radius 1 is 1.00 bits per heavy atom. The minimum Gasteiger partial charge on any atom is -0.496 e. The van der Waals surface area contributed by atoms with Crippen molar-refractivity contribution in [1.29, 1.82) is 0 Å². The van der Waals surface area contributed by atoms with Crippen LogP contribution in [0, 0.1) is 0 Å². The number of rotatable bonds is 13. The maximum Gasteiger partial charge on any atom is 0.409 e. The van der Waals surface area contributed by atoms with Crippen LogP contribution in [0.15, 0.2) is 24.3 Å². The van der Waals surface area contributed by atoms with Gasteiger partial charge in [-0.05, 0) is 49.9 Å². The summed E-state index contributed by atoms with van der Waals surface area (Å²) >= 11 is 0. The molecule has 1 amide bonds. The topological polar surface area (TPSA) is 92.3 Å². The number of benzene rings is 2. The standard InChI is InChI=1S/C29H39NO7/c1-6-9-22-24(14-11-20-12-16-26(36-27(20)22)37-29(32)30-4)34-17-8-18-35-25-15-13-21(19(3)31)28(33-5)23(25)10-7-2/h11,13-15,26H,6-10,12,16-18H2,1-5H3,(H,30,32). The largest absolute Gasteiger partial charge is 0.496 e. The predicted octanol–water partition coefficient (Wildman–Crippen LogP) is 5.66. The lowest BCUT2D eigenvalue weighted by atomic mass is 9.98. The molecule has 0 saturated heterocycles. The Bertz CT molecular complexity index is 1080. The number of Topliss-reactive ketones (excluding diaryl/α,β-unsaturated/α-hetero) is 1. The molecule has 37 heavy (non-hydrogen) atoms. The minimum atomic E-state index is -0.615. The molecule has 1 N–H and O–H groups in total. The molecule has 0 aliphatic carbocycles. The van der Waals surface area contributed by atoms with Crippen molar-refractivity contribution in [2.24, 2.45) is 0 Å². The summed E-state index contributed by atoms with van der Waals surface area (Å²) in [4.78, 5) is 23.6. The average Bonchev–Trinajstić information content (AvgIpc) is 2.89. The van der Waals surface area contributed by atoms with Crippen molar-refractivity contribution in [3.8, 4) is 23.0 Å². The third-order valence-corrected chi connectivity index (χ3v) is 6.25. The van der Waals surface area contributed by atoms with Crippen molar-refractivity contribution in [1.82, 2.24) is 5.32 Å². The van der Waals surface area contributed by atoms with Gasteiger partial charge in [0.2, 0.25) is 6.29 Å². The molecule has 0 spiro atoms. The molecule has 2 aromatic carbocycles. The first-order chi connectivity index (χ1) is 17.9. The van der Waals surface area contributed by atoms with E-state index in [0.29, 0.717) is 37.4 Å². The summed E-state index contributed by atoms with van der Waals surface area (Å²) in [7, 11) is 3.11. The van der Waals surface area contributed by atoms with Crippen LogP contribution in [0.1, 0.15) is 73.5 Å². The molecule has 8 heteroatoms. The molecule has 1 heterocycles. The molecule has 1 aliphatic heterocycles. The van der Waals surface area contributed by atoms with E-state index in [-0.39, 0.29) is 5.78 Å². The highest BCUT2D eigenvalue weighted by molar-refractivity contribution is 5.97. The Balaban J connectivity index is 1.64. The normalized spacial score (nSPS) is 14.2. The van der Waals surface area contributed by atoms with E-state index in [0.717, 1.165) is 66.0 Å². The van der Waals surface area contributed by atoms with Gasteiger partial charge in [0.15, 0.2) is 5.78 Å². The van der Waals surface area contributed by atoms with Gasteiger partial charge in [-0.2, -0.15) is 0 Å². The number of hydrogen-bond donors (Lipinski definition) is 1. The smallest absolute Gasteiger partial charge is 0.409 e.